The largest absolute Gasteiger partial charge is 0.0998 e. The second-order valence-electron chi connectivity index (χ2n) is 3.25. The Balaban J connectivity index is 3.55. The maximum Gasteiger partial charge on any atom is -0.0100 e. The Bertz CT molecular complexity index is 151. The Kier molecular flexibility index (Phi) is 6.84. The third kappa shape index (κ3) is 6.21. The minimum Gasteiger partial charge on any atom is -0.0998 e. The van der Waals surface area contributed by atoms with E-state index in [0.717, 1.165) is 12.8 Å². The van der Waals surface area contributed by atoms with E-state index in [-0.39, 0.29) is 0 Å². The summed E-state index contributed by atoms with van der Waals surface area (Å²) in [5.74, 6) is 0. The van der Waals surface area contributed by atoms with Gasteiger partial charge in [-0.3, -0.25) is 0 Å². The van der Waals surface area contributed by atoms with Crippen molar-refractivity contribution in [3.05, 3.63) is 30.2 Å². The van der Waals surface area contributed by atoms with Gasteiger partial charge >= 0.3 is 0 Å². The molecule has 0 unspecified atom stereocenters. The van der Waals surface area contributed by atoms with E-state index < -0.39 is 0 Å². The summed E-state index contributed by atoms with van der Waals surface area (Å²) in [4.78, 5) is 0. The number of allylic oxidation sites excluding steroid dienone is 3. The summed E-state index contributed by atoms with van der Waals surface area (Å²) in [6, 6.07) is 0. The quantitative estimate of drug-likeness (QED) is 0.515. The second kappa shape index (κ2) is 7.15. The molecular formula is C12H21. The van der Waals surface area contributed by atoms with Gasteiger partial charge in [-0.05, 0) is 32.6 Å². The van der Waals surface area contributed by atoms with Crippen LogP contribution in [0.2, 0.25) is 0 Å². The Hall–Kier alpha value is -0.520. The summed E-state index contributed by atoms with van der Waals surface area (Å²) >= 11 is 0. The number of hydrogen-bond donors (Lipinski definition) is 0. The normalized spacial score (nSPS) is 11.8. The molecule has 69 valence electrons. The van der Waals surface area contributed by atoms with Gasteiger partial charge < -0.3 is 0 Å². The highest BCUT2D eigenvalue weighted by Gasteiger charge is 1.93. The summed E-state index contributed by atoms with van der Waals surface area (Å²) < 4.78 is 0. The summed E-state index contributed by atoms with van der Waals surface area (Å²) in [5.41, 5.74) is 2.71. The molecule has 0 amide bonds. The Morgan fingerprint density at radius 2 is 2.00 bits per heavy atom. The monoisotopic (exact) mass is 165 g/mol. The second-order valence-corrected chi connectivity index (χ2v) is 3.25. The van der Waals surface area contributed by atoms with Gasteiger partial charge in [-0.2, -0.15) is 0 Å². The van der Waals surface area contributed by atoms with Crippen LogP contribution in [0.3, 0.4) is 0 Å². The van der Waals surface area contributed by atoms with Crippen LogP contribution >= 0.6 is 0 Å². The third-order valence-electron chi connectivity index (χ3n) is 1.97. The fourth-order valence-electron chi connectivity index (χ4n) is 0.905. The van der Waals surface area contributed by atoms with Crippen molar-refractivity contribution in [1.82, 2.24) is 0 Å². The van der Waals surface area contributed by atoms with Crippen molar-refractivity contribution in [3.8, 4) is 0 Å². The maximum atomic E-state index is 3.97. The molecule has 0 spiro atoms. The van der Waals surface area contributed by atoms with Gasteiger partial charge in [0.15, 0.2) is 0 Å². The SMILES string of the molecule is C=C(CC)C[CH]/C(C)=C\CCC. The molecule has 0 heterocycles. The molecule has 0 atom stereocenters. The highest BCUT2D eigenvalue weighted by atomic mass is 14.0. The van der Waals surface area contributed by atoms with Gasteiger partial charge in [0.1, 0.15) is 0 Å². The topological polar surface area (TPSA) is 0 Å². The Morgan fingerprint density at radius 3 is 2.50 bits per heavy atom. The average Bonchev–Trinajstić information content (AvgIpc) is 2.10. The van der Waals surface area contributed by atoms with E-state index in [1.807, 2.05) is 0 Å². The first-order chi connectivity index (χ1) is 5.70. The van der Waals surface area contributed by atoms with Crippen LogP contribution in [0.1, 0.15) is 46.5 Å². The van der Waals surface area contributed by atoms with Crippen LogP contribution in [0.15, 0.2) is 23.8 Å². The summed E-state index contributed by atoms with van der Waals surface area (Å²) in [6.45, 7) is 10.5. The van der Waals surface area contributed by atoms with Crippen molar-refractivity contribution < 1.29 is 0 Å². The van der Waals surface area contributed by atoms with Crippen LogP contribution in [0, 0.1) is 6.42 Å². The van der Waals surface area contributed by atoms with E-state index in [9.17, 15) is 0 Å². The highest BCUT2D eigenvalue weighted by molar-refractivity contribution is 5.14. The van der Waals surface area contributed by atoms with Crippen molar-refractivity contribution in [2.75, 3.05) is 0 Å². The lowest BCUT2D eigenvalue weighted by Crippen LogP contribution is -1.83. The Labute approximate surface area is 77.4 Å². The molecule has 12 heavy (non-hydrogen) atoms. The van der Waals surface area contributed by atoms with Gasteiger partial charge in [-0.15, -0.1) is 0 Å². The molecular weight excluding hydrogens is 144 g/mol. The van der Waals surface area contributed by atoms with Gasteiger partial charge in [0.2, 0.25) is 0 Å². The fraction of sp³-hybridized carbons (Fsp3) is 0.583. The van der Waals surface area contributed by atoms with E-state index in [1.54, 1.807) is 0 Å². The van der Waals surface area contributed by atoms with E-state index in [0.29, 0.717) is 0 Å². The molecule has 0 aromatic carbocycles. The molecule has 0 N–H and O–H groups in total. The van der Waals surface area contributed by atoms with Crippen LogP contribution in [-0.4, -0.2) is 0 Å². The van der Waals surface area contributed by atoms with Gasteiger partial charge in [0.25, 0.3) is 0 Å². The fourth-order valence-corrected chi connectivity index (χ4v) is 0.905. The average molecular weight is 165 g/mol. The van der Waals surface area contributed by atoms with Crippen molar-refractivity contribution >= 4 is 0 Å². The van der Waals surface area contributed by atoms with Crippen molar-refractivity contribution in [3.63, 3.8) is 0 Å². The molecule has 0 fully saturated rings. The van der Waals surface area contributed by atoms with Crippen LogP contribution in [0.5, 0.6) is 0 Å². The van der Waals surface area contributed by atoms with Crippen LogP contribution in [-0.2, 0) is 0 Å². The zero-order chi connectivity index (χ0) is 9.40. The molecule has 0 bridgehead atoms. The first kappa shape index (κ1) is 11.5. The molecule has 0 saturated heterocycles. The predicted octanol–water partition coefficient (Wildman–Crippen LogP) is 4.29. The van der Waals surface area contributed by atoms with Gasteiger partial charge in [0, 0.05) is 0 Å². The summed E-state index contributed by atoms with van der Waals surface area (Å²) in [5, 5.41) is 0. The molecule has 0 nitrogen and oxygen atoms in total. The molecule has 0 heteroatoms. The number of rotatable bonds is 6. The van der Waals surface area contributed by atoms with Crippen molar-refractivity contribution in [2.45, 2.75) is 46.5 Å². The van der Waals surface area contributed by atoms with E-state index in [4.69, 9.17) is 0 Å². The first-order valence-electron chi connectivity index (χ1n) is 4.87. The number of unbranched alkanes of at least 4 members (excludes halogenated alkanes) is 1. The van der Waals surface area contributed by atoms with Gasteiger partial charge in [-0.25, -0.2) is 0 Å². The molecule has 1 radical (unpaired) electrons. The third-order valence-corrected chi connectivity index (χ3v) is 1.97. The van der Waals surface area contributed by atoms with Gasteiger partial charge in [0.05, 0.1) is 0 Å². The molecule has 0 aromatic rings. The first-order valence-corrected chi connectivity index (χ1v) is 4.87. The number of hydrogen-bond acceptors (Lipinski definition) is 0. The maximum absolute atomic E-state index is 3.97. The van der Waals surface area contributed by atoms with Crippen LogP contribution < -0.4 is 0 Å². The van der Waals surface area contributed by atoms with E-state index >= 15 is 0 Å². The Morgan fingerprint density at radius 1 is 1.33 bits per heavy atom. The molecule has 0 aliphatic carbocycles. The minimum absolute atomic E-state index is 1.04. The van der Waals surface area contributed by atoms with Crippen LogP contribution in [0.25, 0.3) is 0 Å². The highest BCUT2D eigenvalue weighted by Crippen LogP contribution is 2.11. The molecule has 0 aromatic heterocycles. The molecule has 0 aliphatic heterocycles. The van der Waals surface area contributed by atoms with E-state index in [1.165, 1.54) is 24.0 Å². The molecule has 0 saturated carbocycles. The van der Waals surface area contributed by atoms with E-state index in [2.05, 4.69) is 39.8 Å². The standard InChI is InChI=1S/C12H21/c1-5-7-8-12(4)10-9-11(3)6-2/h8,10H,3,5-7,9H2,1-2,4H3/b12-8-. The van der Waals surface area contributed by atoms with Crippen molar-refractivity contribution in [2.24, 2.45) is 0 Å². The molecule has 0 aliphatic rings. The lowest BCUT2D eigenvalue weighted by molar-refractivity contribution is 0.939. The summed E-state index contributed by atoms with van der Waals surface area (Å²) in [7, 11) is 0. The molecule has 0 rings (SSSR count). The van der Waals surface area contributed by atoms with Gasteiger partial charge in [-0.1, -0.05) is 44.1 Å². The smallest absolute Gasteiger partial charge is 0.0100 e. The zero-order valence-electron chi connectivity index (χ0n) is 8.69. The predicted molar refractivity (Wildman–Crippen MR) is 57.0 cm³/mol. The summed E-state index contributed by atoms with van der Waals surface area (Å²) in [6.07, 6.45) is 9.13. The minimum atomic E-state index is 1.04. The van der Waals surface area contributed by atoms with Crippen molar-refractivity contribution in [1.29, 1.82) is 0 Å². The zero-order valence-corrected chi connectivity index (χ0v) is 8.69. The lowest BCUT2D eigenvalue weighted by atomic mass is 10.0. The lowest BCUT2D eigenvalue weighted by Gasteiger charge is -2.02. The van der Waals surface area contributed by atoms with Crippen LogP contribution in [0.4, 0.5) is 0 Å².